The second kappa shape index (κ2) is 30.2. The summed E-state index contributed by atoms with van der Waals surface area (Å²) in [7, 11) is -4.28. The Labute approximate surface area is 455 Å². The number of sulfonamides is 1. The average molecular weight is 1170 g/mol. The van der Waals surface area contributed by atoms with E-state index >= 15 is 0 Å². The summed E-state index contributed by atoms with van der Waals surface area (Å²) >= 11 is 22.8. The van der Waals surface area contributed by atoms with Crippen LogP contribution in [-0.2, 0) is 53.2 Å². The summed E-state index contributed by atoms with van der Waals surface area (Å²) in [4.78, 5) is 23.3. The van der Waals surface area contributed by atoms with Crippen LogP contribution in [0.3, 0.4) is 0 Å². The molecule has 2 aliphatic rings. The molecule has 6 N–H and O–H groups in total. The van der Waals surface area contributed by atoms with Crippen LogP contribution in [0.4, 0.5) is 27.2 Å². The monoisotopic (exact) mass is 1170 g/mol. The van der Waals surface area contributed by atoms with Gasteiger partial charge in [0, 0.05) is 64.9 Å². The van der Waals surface area contributed by atoms with E-state index in [0.29, 0.717) is 95.0 Å². The first-order valence-electron chi connectivity index (χ1n) is 23.8. The van der Waals surface area contributed by atoms with Crippen LogP contribution in [0, 0.1) is 23.3 Å². The van der Waals surface area contributed by atoms with Gasteiger partial charge in [-0.25, -0.2) is 40.3 Å². The van der Waals surface area contributed by atoms with Crippen LogP contribution in [0.5, 0.6) is 11.5 Å². The Morgan fingerprint density at radius 3 is 1.41 bits per heavy atom. The van der Waals surface area contributed by atoms with E-state index in [1.165, 1.54) is 0 Å². The quantitative estimate of drug-likeness (QED) is 0.0160. The Morgan fingerprint density at radius 1 is 0.560 bits per heavy atom. The van der Waals surface area contributed by atoms with E-state index in [9.17, 15) is 40.1 Å². The van der Waals surface area contributed by atoms with Gasteiger partial charge < -0.3 is 54.2 Å². The number of hydrogen-bond acceptors (Lipinski definition) is 12. The maximum atomic E-state index is 15.0. The average Bonchev–Trinajstić information content (AvgIpc) is 3.96. The molecule has 0 fully saturated rings. The van der Waals surface area contributed by atoms with Gasteiger partial charge >= 0.3 is 12.1 Å². The van der Waals surface area contributed by atoms with E-state index in [1.54, 1.807) is 24.3 Å². The van der Waals surface area contributed by atoms with Crippen molar-refractivity contribution in [1.29, 1.82) is 0 Å². The molecule has 17 nitrogen and oxygen atoms in total. The summed E-state index contributed by atoms with van der Waals surface area (Å²) < 4.78 is 136. The Kier molecular flexibility index (Phi) is 24.2. The molecule has 0 heterocycles. The number of carbonyl (C=O) groups excluding carboxylic acids is 2. The number of hydrogen-bond donors (Lipinski definition) is 6. The van der Waals surface area contributed by atoms with Gasteiger partial charge in [-0.1, -0.05) is 46.4 Å². The Hall–Kier alpha value is -4.08. The van der Waals surface area contributed by atoms with Gasteiger partial charge in [0.2, 0.25) is 10.0 Å². The maximum absolute atomic E-state index is 15.0. The van der Waals surface area contributed by atoms with E-state index in [0.717, 1.165) is 23.3 Å². The van der Waals surface area contributed by atoms with E-state index in [-0.39, 0.29) is 90.0 Å². The topological polar surface area (TPSA) is 219 Å². The van der Waals surface area contributed by atoms with Crippen molar-refractivity contribution in [1.82, 2.24) is 30.7 Å². The van der Waals surface area contributed by atoms with Gasteiger partial charge in [-0.15, -0.1) is 4.72 Å². The van der Waals surface area contributed by atoms with Crippen molar-refractivity contribution in [3.05, 3.63) is 114 Å². The molecule has 0 saturated carbocycles. The molecule has 0 aliphatic heterocycles. The number of rotatable bonds is 31. The lowest BCUT2D eigenvalue weighted by molar-refractivity contribution is 0.0516. The van der Waals surface area contributed by atoms with Crippen molar-refractivity contribution in [2.45, 2.75) is 60.5 Å². The molecule has 1 unspecified atom stereocenters. The second-order valence-corrected chi connectivity index (χ2v) is 21.5. The molecule has 4 aromatic rings. The van der Waals surface area contributed by atoms with E-state index in [2.05, 4.69) is 30.7 Å². The van der Waals surface area contributed by atoms with Gasteiger partial charge in [0.1, 0.15) is 12.2 Å². The summed E-state index contributed by atoms with van der Waals surface area (Å²) in [6.45, 7) is 2.38. The maximum Gasteiger partial charge on any atom is 0.314 e. The van der Waals surface area contributed by atoms with Gasteiger partial charge in [-0.2, -0.15) is 0 Å². The normalized spacial score (nSPS) is 15.3. The molecule has 6 rings (SSSR count). The number of unbranched alkanes of at least 4 members (excludes halogenated alkanes) is 1. The molecule has 0 radical (unpaired) electrons. The fraction of sp³-hybridized carbons (Fsp3) is 0.458. The molecule has 4 amide bonds. The standard InChI is InChI=1S/C48H56Cl4F4N6O11S2/c49-29-21-35-33(37(51)23-29)3-5-43(35)72-45-39(53)25-31(26-40(45)54)74(65)61-11-15-70-19-17-68-13-9-59-47(63)57-7-1-2-8-58-48(64)60-10-14-69-18-20-71-16-12-62-75(66,67)32-27-41(55)46(42(56)28-32)73-44-6-4-34-36(44)22-30(50)24-38(34)52/h21-28,43-44,61-62H,1-20H2,(H2,57,59,63)(H2,58,60,64)/t43-,44-,74?/m1/s1. The number of amides is 4. The van der Waals surface area contributed by atoms with Crippen LogP contribution < -0.4 is 40.2 Å². The first kappa shape index (κ1) is 60.2. The van der Waals surface area contributed by atoms with Gasteiger partial charge in [-0.3, -0.25) is 0 Å². The lowest BCUT2D eigenvalue weighted by atomic mass is 10.1. The third kappa shape index (κ3) is 18.5. The lowest BCUT2D eigenvalue weighted by Gasteiger charge is -2.17. The Bertz CT molecular complexity index is 2650. The van der Waals surface area contributed by atoms with Crippen molar-refractivity contribution in [3.8, 4) is 11.5 Å². The van der Waals surface area contributed by atoms with Crippen molar-refractivity contribution in [2.24, 2.45) is 0 Å². The number of benzene rings is 4. The molecule has 75 heavy (non-hydrogen) atoms. The van der Waals surface area contributed by atoms with Gasteiger partial charge in [0.25, 0.3) is 0 Å². The van der Waals surface area contributed by atoms with Crippen molar-refractivity contribution < 1.29 is 68.5 Å². The van der Waals surface area contributed by atoms with Crippen molar-refractivity contribution >= 4 is 79.9 Å². The predicted molar refractivity (Wildman–Crippen MR) is 274 cm³/mol. The smallest absolute Gasteiger partial charge is 0.314 e. The summed E-state index contributed by atoms with van der Waals surface area (Å²) in [5.74, 6) is -5.64. The van der Waals surface area contributed by atoms with Crippen LogP contribution in [0.25, 0.3) is 0 Å². The van der Waals surface area contributed by atoms with Crippen LogP contribution in [0.15, 0.2) is 58.3 Å². The fourth-order valence-electron chi connectivity index (χ4n) is 7.82. The minimum absolute atomic E-state index is 0.0514. The number of carbonyl (C=O) groups is 2. The summed E-state index contributed by atoms with van der Waals surface area (Å²) in [6, 6.07) is 8.96. The highest BCUT2D eigenvalue weighted by molar-refractivity contribution is 7.89. The molecule has 3 atom stereocenters. The molecule has 0 saturated heterocycles. The summed E-state index contributed by atoms with van der Waals surface area (Å²) in [5, 5.41) is 12.4. The van der Waals surface area contributed by atoms with E-state index < -0.39 is 79.3 Å². The first-order valence-corrected chi connectivity index (χ1v) is 27.9. The Morgan fingerprint density at radius 2 is 0.960 bits per heavy atom. The van der Waals surface area contributed by atoms with Crippen LogP contribution in [0.1, 0.15) is 60.1 Å². The van der Waals surface area contributed by atoms with Crippen molar-refractivity contribution in [2.75, 3.05) is 92.1 Å². The number of nitrogens with one attached hydrogen (secondary N) is 6. The number of ether oxygens (including phenoxy) is 6. The molecule has 0 spiro atoms. The SMILES string of the molecule is O=C(NCCCCNC(=O)NCCOCCOCCNS(=O)(=O)c1cc(F)c(O[C@@H]2CCc3c(Cl)cc(Cl)cc32)c(F)c1)NCCOCCOCCN[S+]([O-])c1cc(F)c(O[C@@H]2CCc3c(Cl)cc(Cl)cc32)c(F)c1. The number of halogens is 8. The van der Waals surface area contributed by atoms with Gasteiger partial charge in [-0.05, 0) is 97.2 Å². The summed E-state index contributed by atoms with van der Waals surface area (Å²) in [5.41, 5.74) is 2.88. The molecule has 2 aliphatic carbocycles. The Balaban J connectivity index is 0.690. The molecule has 0 bridgehead atoms. The molecular formula is C48H56Cl4F4N6O11S2. The lowest BCUT2D eigenvalue weighted by Crippen LogP contribution is -2.39. The van der Waals surface area contributed by atoms with Crippen LogP contribution in [-0.4, -0.2) is 117 Å². The van der Waals surface area contributed by atoms with Crippen LogP contribution in [0.2, 0.25) is 20.1 Å². The molecule has 412 valence electrons. The second-order valence-electron chi connectivity index (χ2n) is 16.7. The third-order valence-corrected chi connectivity index (χ3v) is 15.1. The largest absolute Gasteiger partial charge is 0.593 e. The highest BCUT2D eigenvalue weighted by atomic mass is 35.5. The highest BCUT2D eigenvalue weighted by Crippen LogP contribution is 2.43. The summed E-state index contributed by atoms with van der Waals surface area (Å²) in [6.07, 6.45) is 1.83. The zero-order chi connectivity index (χ0) is 53.9. The van der Waals surface area contributed by atoms with Gasteiger partial charge in [0.15, 0.2) is 39.7 Å². The molecule has 27 heteroatoms. The zero-order valence-electron chi connectivity index (χ0n) is 40.2. The number of fused-ring (bicyclic) bond motifs is 2. The number of urea groups is 2. The highest BCUT2D eigenvalue weighted by Gasteiger charge is 2.31. The first-order chi connectivity index (χ1) is 36.0. The molecule has 4 aromatic carbocycles. The van der Waals surface area contributed by atoms with E-state index in [4.69, 9.17) is 74.8 Å². The molecule has 0 aromatic heterocycles. The minimum Gasteiger partial charge on any atom is -0.593 e. The third-order valence-electron chi connectivity index (χ3n) is 11.4. The van der Waals surface area contributed by atoms with Gasteiger partial charge in [0.05, 0.1) is 75.7 Å². The molecular weight excluding hydrogens is 1120 g/mol. The van der Waals surface area contributed by atoms with Crippen molar-refractivity contribution in [3.63, 3.8) is 0 Å². The zero-order valence-corrected chi connectivity index (χ0v) is 44.9. The van der Waals surface area contributed by atoms with E-state index in [1.807, 2.05) is 0 Å². The minimum atomic E-state index is -4.28. The fourth-order valence-corrected chi connectivity index (χ4v) is 10.9. The van der Waals surface area contributed by atoms with Crippen LogP contribution >= 0.6 is 46.4 Å². The predicted octanol–water partition coefficient (Wildman–Crippen LogP) is 8.02.